The molecule has 1 aliphatic heterocycles. The molecule has 1 aliphatic carbocycles. The fourth-order valence-electron chi connectivity index (χ4n) is 4.47. The van der Waals surface area contributed by atoms with E-state index in [1.54, 1.807) is 30.9 Å². The third-order valence-corrected chi connectivity index (χ3v) is 10.2. The monoisotopic (exact) mass is 586 g/mol. The van der Waals surface area contributed by atoms with E-state index < -0.39 is 36.9 Å². The number of aromatic nitrogens is 2. The molecule has 0 unspecified atom stereocenters. The van der Waals surface area contributed by atoms with Crippen LogP contribution in [0.25, 0.3) is 0 Å². The summed E-state index contributed by atoms with van der Waals surface area (Å²) in [6.45, 7) is 6.36. The van der Waals surface area contributed by atoms with Crippen molar-refractivity contribution >= 4 is 47.0 Å². The van der Waals surface area contributed by atoms with E-state index in [1.807, 2.05) is 4.57 Å². The molecule has 2 aromatic rings. The number of alkyl halides is 1. The second-order valence-corrected chi connectivity index (χ2v) is 18.2. The number of amidine groups is 1. The van der Waals surface area contributed by atoms with E-state index in [0.29, 0.717) is 24.0 Å². The van der Waals surface area contributed by atoms with Crippen LogP contribution >= 0.6 is 27.7 Å². The largest absolute Gasteiger partial charge is 0.465 e. The summed E-state index contributed by atoms with van der Waals surface area (Å²) in [5.41, 5.74) is -1.42. The molecular formula is C23H29BrF2N4O3SSi. The van der Waals surface area contributed by atoms with Crippen molar-refractivity contribution in [1.29, 1.82) is 0 Å². The minimum absolute atomic E-state index is 0.120. The second-order valence-electron chi connectivity index (χ2n) is 10.3. The van der Waals surface area contributed by atoms with Gasteiger partial charge in [-0.2, -0.15) is 0 Å². The molecule has 1 fully saturated rings. The first-order valence-corrected chi connectivity index (χ1v) is 16.7. The number of nitrogens with zero attached hydrogens (tertiary/aromatic N) is 4. The molecule has 3 atom stereocenters. The number of hydrogen-bond donors (Lipinski definition) is 1. The van der Waals surface area contributed by atoms with Crippen LogP contribution in [-0.2, 0) is 16.8 Å². The zero-order chi connectivity index (χ0) is 25.4. The van der Waals surface area contributed by atoms with Crippen molar-refractivity contribution in [3.63, 3.8) is 0 Å². The van der Waals surface area contributed by atoms with E-state index in [2.05, 4.69) is 45.5 Å². The quantitative estimate of drug-likeness (QED) is 0.228. The van der Waals surface area contributed by atoms with Crippen molar-refractivity contribution in [3.05, 3.63) is 52.8 Å². The lowest BCUT2D eigenvalue weighted by molar-refractivity contribution is 0.0699. The van der Waals surface area contributed by atoms with Gasteiger partial charge in [-0.15, -0.1) is 0 Å². The molecule has 12 heteroatoms. The van der Waals surface area contributed by atoms with Gasteiger partial charge in [0, 0.05) is 54.3 Å². The number of fused-ring (bicyclic) bond motifs is 1. The van der Waals surface area contributed by atoms with E-state index >= 15 is 8.78 Å². The first-order valence-electron chi connectivity index (χ1n) is 11.3. The Morgan fingerprint density at radius 2 is 2.20 bits per heavy atom. The summed E-state index contributed by atoms with van der Waals surface area (Å²) >= 11 is 4.66. The van der Waals surface area contributed by atoms with Crippen LogP contribution in [0.1, 0.15) is 12.0 Å². The molecule has 2 heterocycles. The highest BCUT2D eigenvalue weighted by molar-refractivity contribution is 9.10. The molecule has 0 bridgehead atoms. The Kier molecular flexibility index (Phi) is 7.47. The average Bonchev–Trinajstić information content (AvgIpc) is 3.27. The van der Waals surface area contributed by atoms with Crippen LogP contribution in [-0.4, -0.2) is 63.7 Å². The van der Waals surface area contributed by atoms with Gasteiger partial charge in [0.05, 0.1) is 6.33 Å². The topological polar surface area (TPSA) is 80.0 Å². The fraction of sp³-hybridized carbons (Fsp3) is 0.522. The van der Waals surface area contributed by atoms with E-state index in [0.717, 1.165) is 10.9 Å². The van der Waals surface area contributed by atoms with E-state index in [9.17, 15) is 9.90 Å². The SMILES string of the molecule is C[Si](C)(C)CCOCN(C(=O)O)C1=N[C@](CF)(c2cc(Br)ccc2F)[C@@H]2C[C@]2(Cn2ccnc2)S1. The minimum atomic E-state index is -1.54. The number of thioether (sulfide) groups is 1. The zero-order valence-corrected chi connectivity index (χ0v) is 23.3. The molecule has 2 aliphatic rings. The maximum Gasteiger partial charge on any atom is 0.415 e. The van der Waals surface area contributed by atoms with Crippen LogP contribution in [0.3, 0.4) is 0 Å². The smallest absolute Gasteiger partial charge is 0.415 e. The first kappa shape index (κ1) is 26.3. The van der Waals surface area contributed by atoms with E-state index in [4.69, 9.17) is 4.74 Å². The van der Waals surface area contributed by atoms with Gasteiger partial charge in [-0.25, -0.2) is 28.5 Å². The van der Waals surface area contributed by atoms with Crippen LogP contribution in [0.15, 0.2) is 46.4 Å². The lowest BCUT2D eigenvalue weighted by atomic mass is 9.85. The average molecular weight is 588 g/mol. The third-order valence-electron chi connectivity index (χ3n) is 6.48. The predicted octanol–water partition coefficient (Wildman–Crippen LogP) is 5.80. The maximum absolute atomic E-state index is 15.1. The normalized spacial score (nSPS) is 25.7. The Bertz CT molecular complexity index is 1120. The Morgan fingerprint density at radius 1 is 1.43 bits per heavy atom. The number of halogens is 3. The zero-order valence-electron chi connectivity index (χ0n) is 19.9. The molecule has 1 aromatic heterocycles. The van der Waals surface area contributed by atoms with Crippen molar-refractivity contribution in [2.45, 2.75) is 48.9 Å². The van der Waals surface area contributed by atoms with Gasteiger partial charge in [0.15, 0.2) is 5.17 Å². The molecule has 0 spiro atoms. The number of hydrogen-bond acceptors (Lipinski definition) is 5. The van der Waals surface area contributed by atoms with E-state index in [1.165, 1.54) is 17.8 Å². The number of benzene rings is 1. The lowest BCUT2D eigenvalue weighted by Gasteiger charge is -2.38. The number of ether oxygens (including phenoxy) is 1. The standard InChI is InChI=1S/C23H29BrF2N4O3SSi/c1-35(2,3)9-8-33-15-30(21(31)32)20-28-23(12-25,17-10-16(24)4-5-18(17)26)19-11-22(19,34-20)13-29-7-6-27-14-29/h4-7,10,14,19H,8-9,11-13,15H2,1-3H3,(H,31,32)/t19-,22-,23-/m1/s1. The second kappa shape index (κ2) is 9.95. The Morgan fingerprint density at radius 3 is 2.83 bits per heavy atom. The number of imidazole rings is 1. The van der Waals surface area contributed by atoms with Crippen molar-refractivity contribution in [3.8, 4) is 0 Å². The summed E-state index contributed by atoms with van der Waals surface area (Å²) in [6.07, 6.45) is 4.44. The number of carbonyl (C=O) groups is 1. The minimum Gasteiger partial charge on any atom is -0.465 e. The van der Waals surface area contributed by atoms with Crippen molar-refractivity contribution in [2.24, 2.45) is 10.9 Å². The summed E-state index contributed by atoms with van der Waals surface area (Å²) in [5, 5.41) is 10.1. The van der Waals surface area contributed by atoms with Crippen LogP contribution < -0.4 is 0 Å². The molecule has 190 valence electrons. The van der Waals surface area contributed by atoms with E-state index in [-0.39, 0.29) is 23.4 Å². The molecule has 7 nitrogen and oxygen atoms in total. The van der Waals surface area contributed by atoms with Crippen LogP contribution in [0.2, 0.25) is 25.7 Å². The molecule has 1 N–H and O–H groups in total. The summed E-state index contributed by atoms with van der Waals surface area (Å²) in [4.78, 5) is 22.0. The number of carboxylic acid groups (broad SMARTS) is 1. The van der Waals surface area contributed by atoms with Gasteiger partial charge in [0.1, 0.15) is 24.8 Å². The van der Waals surface area contributed by atoms with Gasteiger partial charge in [0.25, 0.3) is 0 Å². The van der Waals surface area contributed by atoms with Gasteiger partial charge < -0.3 is 14.4 Å². The first-order chi connectivity index (χ1) is 16.5. The van der Waals surface area contributed by atoms with Gasteiger partial charge in [-0.3, -0.25) is 0 Å². The van der Waals surface area contributed by atoms with Crippen molar-refractivity contribution in [1.82, 2.24) is 14.5 Å². The van der Waals surface area contributed by atoms with Gasteiger partial charge in [-0.05, 0) is 30.7 Å². The van der Waals surface area contributed by atoms with Crippen molar-refractivity contribution < 1.29 is 23.4 Å². The summed E-state index contributed by atoms with van der Waals surface area (Å²) < 4.78 is 37.8. The highest BCUT2D eigenvalue weighted by atomic mass is 79.9. The number of amides is 1. The number of aliphatic imine (C=N–C) groups is 1. The molecule has 4 rings (SSSR count). The summed E-state index contributed by atoms with van der Waals surface area (Å²) in [5.74, 6) is -0.888. The molecule has 1 aromatic carbocycles. The molecule has 0 saturated heterocycles. The highest BCUT2D eigenvalue weighted by Gasteiger charge is 2.69. The highest BCUT2D eigenvalue weighted by Crippen LogP contribution is 2.67. The Hall–Kier alpha value is -1.76. The van der Waals surface area contributed by atoms with Crippen LogP contribution in [0.4, 0.5) is 13.6 Å². The van der Waals surface area contributed by atoms with Crippen molar-refractivity contribution in [2.75, 3.05) is 20.0 Å². The summed E-state index contributed by atoms with van der Waals surface area (Å²) in [6, 6.07) is 5.25. The predicted molar refractivity (Wildman–Crippen MR) is 139 cm³/mol. The molecule has 1 saturated carbocycles. The molecule has 35 heavy (non-hydrogen) atoms. The Balaban J connectivity index is 1.72. The van der Waals surface area contributed by atoms with Crippen LogP contribution in [0, 0.1) is 11.7 Å². The molecule has 0 radical (unpaired) electrons. The van der Waals surface area contributed by atoms with Crippen LogP contribution in [0.5, 0.6) is 0 Å². The van der Waals surface area contributed by atoms with Gasteiger partial charge >= 0.3 is 6.09 Å². The van der Waals surface area contributed by atoms with Gasteiger partial charge in [-0.1, -0.05) is 47.3 Å². The molecular weight excluding hydrogens is 558 g/mol. The number of rotatable bonds is 9. The third kappa shape index (κ3) is 5.49. The van der Waals surface area contributed by atoms with Gasteiger partial charge in [0.2, 0.25) is 0 Å². The molecule has 1 amide bonds. The summed E-state index contributed by atoms with van der Waals surface area (Å²) in [7, 11) is -1.36. The lowest BCUT2D eigenvalue weighted by Crippen LogP contribution is -2.46. The fourth-order valence-corrected chi connectivity index (χ4v) is 7.20. The maximum atomic E-state index is 15.1. The Labute approximate surface area is 217 Å².